The van der Waals surface area contributed by atoms with Gasteiger partial charge < -0.3 is 5.73 Å². The number of benzene rings is 1. The summed E-state index contributed by atoms with van der Waals surface area (Å²) >= 11 is 0. The van der Waals surface area contributed by atoms with Gasteiger partial charge in [-0.05, 0) is 30.9 Å². The number of hydrogen-bond donors (Lipinski definition) is 1. The van der Waals surface area contributed by atoms with Gasteiger partial charge in [0.15, 0.2) is 0 Å². The zero-order valence-corrected chi connectivity index (χ0v) is 10.0. The van der Waals surface area contributed by atoms with Gasteiger partial charge in [0.05, 0.1) is 0 Å². The van der Waals surface area contributed by atoms with Crippen molar-refractivity contribution in [3.8, 4) is 11.1 Å². The molecule has 0 aliphatic rings. The maximum Gasteiger partial charge on any atom is 0.115 e. The van der Waals surface area contributed by atoms with E-state index >= 15 is 0 Å². The second-order valence-electron chi connectivity index (χ2n) is 4.34. The van der Waals surface area contributed by atoms with E-state index in [2.05, 4.69) is 34.2 Å². The Kier molecular flexibility index (Phi) is 3.83. The minimum absolute atomic E-state index is 0.261. The van der Waals surface area contributed by atoms with Crippen LogP contribution in [0.1, 0.15) is 18.9 Å². The summed E-state index contributed by atoms with van der Waals surface area (Å²) in [5.41, 5.74) is 9.26. The molecule has 2 rings (SSSR count). The number of nitrogens with two attached hydrogens (primary N) is 1. The minimum Gasteiger partial charge on any atom is -0.328 e. The van der Waals surface area contributed by atoms with Crippen molar-refractivity contribution in [3.63, 3.8) is 0 Å². The first-order valence-electron chi connectivity index (χ1n) is 5.85. The Hall–Kier alpha value is -1.74. The molecule has 0 aliphatic heterocycles. The molecule has 1 aromatic carbocycles. The molecular weight excluding hydrogens is 210 g/mol. The van der Waals surface area contributed by atoms with Crippen LogP contribution >= 0.6 is 0 Å². The standard InChI is InChI=1S/C14H17N3/c1-11(15)2-3-12-4-6-13(7-5-12)14-8-16-10-17-9-14/h4-11H,2-3,15H2,1H3. The van der Waals surface area contributed by atoms with E-state index in [-0.39, 0.29) is 6.04 Å². The zero-order chi connectivity index (χ0) is 12.1. The smallest absolute Gasteiger partial charge is 0.115 e. The lowest BCUT2D eigenvalue weighted by Crippen LogP contribution is -2.15. The average molecular weight is 227 g/mol. The summed E-state index contributed by atoms with van der Waals surface area (Å²) in [5.74, 6) is 0. The summed E-state index contributed by atoms with van der Waals surface area (Å²) in [6, 6.07) is 8.76. The summed E-state index contributed by atoms with van der Waals surface area (Å²) in [7, 11) is 0. The van der Waals surface area contributed by atoms with Gasteiger partial charge in [0.1, 0.15) is 6.33 Å². The third-order valence-corrected chi connectivity index (χ3v) is 2.74. The van der Waals surface area contributed by atoms with E-state index in [4.69, 9.17) is 5.73 Å². The van der Waals surface area contributed by atoms with Crippen molar-refractivity contribution in [2.24, 2.45) is 5.73 Å². The molecule has 88 valence electrons. The fourth-order valence-electron chi connectivity index (χ4n) is 1.71. The molecule has 2 aromatic rings. The summed E-state index contributed by atoms with van der Waals surface area (Å²) in [6.45, 7) is 2.04. The molecular formula is C14H17N3. The third-order valence-electron chi connectivity index (χ3n) is 2.74. The van der Waals surface area contributed by atoms with E-state index in [1.54, 1.807) is 6.33 Å². The molecule has 0 saturated heterocycles. The van der Waals surface area contributed by atoms with Gasteiger partial charge in [-0.15, -0.1) is 0 Å². The summed E-state index contributed by atoms with van der Waals surface area (Å²) in [6.07, 6.45) is 7.24. The molecule has 3 heteroatoms. The highest BCUT2D eigenvalue weighted by atomic mass is 14.8. The first-order valence-corrected chi connectivity index (χ1v) is 5.85. The van der Waals surface area contributed by atoms with Gasteiger partial charge in [-0.25, -0.2) is 9.97 Å². The van der Waals surface area contributed by atoms with Crippen LogP contribution in [-0.4, -0.2) is 16.0 Å². The Bertz CT molecular complexity index is 449. The first kappa shape index (κ1) is 11.7. The van der Waals surface area contributed by atoms with Crippen molar-refractivity contribution < 1.29 is 0 Å². The SMILES string of the molecule is CC(N)CCc1ccc(-c2cncnc2)cc1. The lowest BCUT2D eigenvalue weighted by Gasteiger charge is -2.06. The van der Waals surface area contributed by atoms with Gasteiger partial charge in [-0.3, -0.25) is 0 Å². The molecule has 1 unspecified atom stereocenters. The van der Waals surface area contributed by atoms with Crippen molar-refractivity contribution >= 4 is 0 Å². The quantitative estimate of drug-likeness (QED) is 0.872. The molecule has 0 amide bonds. The fraction of sp³-hybridized carbons (Fsp3) is 0.286. The zero-order valence-electron chi connectivity index (χ0n) is 10.0. The van der Waals surface area contributed by atoms with Gasteiger partial charge in [-0.2, -0.15) is 0 Å². The minimum atomic E-state index is 0.261. The predicted molar refractivity (Wildman–Crippen MR) is 69.4 cm³/mol. The van der Waals surface area contributed by atoms with Crippen LogP contribution in [0.3, 0.4) is 0 Å². The van der Waals surface area contributed by atoms with Crippen molar-refractivity contribution in [1.29, 1.82) is 0 Å². The third kappa shape index (κ3) is 3.36. The molecule has 2 N–H and O–H groups in total. The summed E-state index contributed by atoms with van der Waals surface area (Å²) < 4.78 is 0. The Balaban J connectivity index is 2.08. The van der Waals surface area contributed by atoms with Gasteiger partial charge in [0.25, 0.3) is 0 Å². The molecule has 17 heavy (non-hydrogen) atoms. The molecule has 1 aromatic heterocycles. The number of hydrogen-bond acceptors (Lipinski definition) is 3. The van der Waals surface area contributed by atoms with Gasteiger partial charge in [0, 0.05) is 24.0 Å². The topological polar surface area (TPSA) is 51.8 Å². The number of aryl methyl sites for hydroxylation is 1. The highest BCUT2D eigenvalue weighted by Gasteiger charge is 2.00. The van der Waals surface area contributed by atoms with Crippen molar-refractivity contribution in [2.75, 3.05) is 0 Å². The Labute approximate surface area is 102 Å². The first-order chi connectivity index (χ1) is 8.25. The molecule has 0 radical (unpaired) electrons. The van der Waals surface area contributed by atoms with Gasteiger partial charge in [-0.1, -0.05) is 24.3 Å². The number of aromatic nitrogens is 2. The number of rotatable bonds is 4. The molecule has 3 nitrogen and oxygen atoms in total. The van der Waals surface area contributed by atoms with E-state index < -0.39 is 0 Å². The Morgan fingerprint density at radius 2 is 1.71 bits per heavy atom. The molecule has 0 spiro atoms. The van der Waals surface area contributed by atoms with Crippen LogP contribution in [0.25, 0.3) is 11.1 Å². The van der Waals surface area contributed by atoms with Crippen molar-refractivity contribution in [2.45, 2.75) is 25.8 Å². The lowest BCUT2D eigenvalue weighted by molar-refractivity contribution is 0.666. The molecule has 0 aliphatic carbocycles. The van der Waals surface area contributed by atoms with Crippen LogP contribution in [0.2, 0.25) is 0 Å². The highest BCUT2D eigenvalue weighted by molar-refractivity contribution is 5.61. The summed E-state index contributed by atoms with van der Waals surface area (Å²) in [4.78, 5) is 8.03. The van der Waals surface area contributed by atoms with E-state index in [1.165, 1.54) is 5.56 Å². The normalized spacial score (nSPS) is 12.4. The predicted octanol–water partition coefficient (Wildman–Crippen LogP) is 2.42. The van der Waals surface area contributed by atoms with E-state index in [0.717, 1.165) is 24.0 Å². The molecule has 0 fully saturated rings. The maximum absolute atomic E-state index is 5.74. The second-order valence-corrected chi connectivity index (χ2v) is 4.34. The molecule has 0 saturated carbocycles. The molecule has 1 atom stereocenters. The average Bonchev–Trinajstić information content (AvgIpc) is 2.38. The second kappa shape index (κ2) is 5.55. The lowest BCUT2D eigenvalue weighted by atomic mass is 10.0. The van der Waals surface area contributed by atoms with Crippen molar-refractivity contribution in [3.05, 3.63) is 48.5 Å². The highest BCUT2D eigenvalue weighted by Crippen LogP contribution is 2.18. The monoisotopic (exact) mass is 227 g/mol. The van der Waals surface area contributed by atoms with Crippen LogP contribution in [0.4, 0.5) is 0 Å². The van der Waals surface area contributed by atoms with Gasteiger partial charge >= 0.3 is 0 Å². The molecule has 0 bridgehead atoms. The van der Waals surface area contributed by atoms with Crippen molar-refractivity contribution in [1.82, 2.24) is 9.97 Å². The van der Waals surface area contributed by atoms with E-state index in [0.29, 0.717) is 0 Å². The molecule has 1 heterocycles. The summed E-state index contributed by atoms with van der Waals surface area (Å²) in [5, 5.41) is 0. The maximum atomic E-state index is 5.74. The van der Waals surface area contributed by atoms with E-state index in [1.807, 2.05) is 19.3 Å². The fourth-order valence-corrected chi connectivity index (χ4v) is 1.71. The van der Waals surface area contributed by atoms with Crippen LogP contribution < -0.4 is 5.73 Å². The Morgan fingerprint density at radius 1 is 1.06 bits per heavy atom. The largest absolute Gasteiger partial charge is 0.328 e. The van der Waals surface area contributed by atoms with E-state index in [9.17, 15) is 0 Å². The number of nitrogens with zero attached hydrogens (tertiary/aromatic N) is 2. The van der Waals surface area contributed by atoms with Crippen LogP contribution in [-0.2, 0) is 6.42 Å². The van der Waals surface area contributed by atoms with Gasteiger partial charge in [0.2, 0.25) is 0 Å². The van der Waals surface area contributed by atoms with Crippen LogP contribution in [0, 0.1) is 0 Å². The van der Waals surface area contributed by atoms with Crippen LogP contribution in [0.5, 0.6) is 0 Å². The Morgan fingerprint density at radius 3 is 2.29 bits per heavy atom. The van der Waals surface area contributed by atoms with Crippen LogP contribution in [0.15, 0.2) is 43.0 Å².